The lowest BCUT2D eigenvalue weighted by Crippen LogP contribution is -2.00. The van der Waals surface area contributed by atoms with Gasteiger partial charge in [-0.1, -0.05) is 11.6 Å². The van der Waals surface area contributed by atoms with Crippen LogP contribution in [0.15, 0.2) is 18.2 Å². The van der Waals surface area contributed by atoms with Gasteiger partial charge in [0.1, 0.15) is 5.82 Å². The van der Waals surface area contributed by atoms with E-state index in [1.54, 1.807) is 10.7 Å². The molecule has 0 radical (unpaired) electrons. The van der Waals surface area contributed by atoms with Gasteiger partial charge in [-0.15, -0.1) is 0 Å². The highest BCUT2D eigenvalue weighted by Gasteiger charge is 2.11. The molecule has 0 bridgehead atoms. The number of aryl methyl sites for hydroxylation is 1. The zero-order valence-electron chi connectivity index (χ0n) is 9.38. The first-order valence-electron chi connectivity index (χ1n) is 4.99. The predicted molar refractivity (Wildman–Crippen MR) is 62.7 cm³/mol. The first-order valence-corrected chi connectivity index (χ1v) is 5.36. The lowest BCUT2D eigenvalue weighted by atomic mass is 10.2. The van der Waals surface area contributed by atoms with Crippen LogP contribution in [0.25, 0.3) is 5.69 Å². The third-order valence-corrected chi connectivity index (χ3v) is 3.09. The summed E-state index contributed by atoms with van der Waals surface area (Å²) in [5, 5.41) is 4.75. The van der Waals surface area contributed by atoms with Gasteiger partial charge in [-0.2, -0.15) is 5.10 Å². The highest BCUT2D eigenvalue weighted by atomic mass is 35.5. The summed E-state index contributed by atoms with van der Waals surface area (Å²) in [5.74, 6) is -0.341. The SMILES string of the molecule is Cc1nn(-c2ccc(F)cc2Cl)c(C)c1C. The first kappa shape index (κ1) is 11.1. The topological polar surface area (TPSA) is 17.8 Å². The lowest BCUT2D eigenvalue weighted by Gasteiger charge is -2.06. The van der Waals surface area contributed by atoms with Crippen molar-refractivity contribution in [3.63, 3.8) is 0 Å². The fraction of sp³-hybridized carbons (Fsp3) is 0.250. The van der Waals surface area contributed by atoms with Crippen LogP contribution in [-0.2, 0) is 0 Å². The zero-order valence-corrected chi connectivity index (χ0v) is 10.1. The van der Waals surface area contributed by atoms with E-state index in [2.05, 4.69) is 5.10 Å². The van der Waals surface area contributed by atoms with Crippen LogP contribution >= 0.6 is 11.6 Å². The van der Waals surface area contributed by atoms with Gasteiger partial charge in [-0.25, -0.2) is 9.07 Å². The van der Waals surface area contributed by atoms with Crippen molar-refractivity contribution in [2.75, 3.05) is 0 Å². The summed E-state index contributed by atoms with van der Waals surface area (Å²) in [6, 6.07) is 4.31. The van der Waals surface area contributed by atoms with Crippen molar-refractivity contribution in [3.8, 4) is 5.69 Å². The molecule has 0 unspecified atom stereocenters. The fourth-order valence-corrected chi connectivity index (χ4v) is 1.86. The van der Waals surface area contributed by atoms with E-state index in [4.69, 9.17) is 11.6 Å². The van der Waals surface area contributed by atoms with Crippen LogP contribution in [0.2, 0.25) is 5.02 Å². The van der Waals surface area contributed by atoms with Gasteiger partial charge >= 0.3 is 0 Å². The Kier molecular flexibility index (Phi) is 2.72. The minimum atomic E-state index is -0.341. The molecule has 0 aliphatic carbocycles. The van der Waals surface area contributed by atoms with E-state index >= 15 is 0 Å². The lowest BCUT2D eigenvalue weighted by molar-refractivity contribution is 0.627. The number of aromatic nitrogens is 2. The van der Waals surface area contributed by atoms with Crippen LogP contribution in [0.1, 0.15) is 17.0 Å². The molecule has 0 spiro atoms. The van der Waals surface area contributed by atoms with Gasteiger partial charge in [0, 0.05) is 5.69 Å². The van der Waals surface area contributed by atoms with Crippen LogP contribution in [0.5, 0.6) is 0 Å². The average Bonchev–Trinajstić information content (AvgIpc) is 2.46. The smallest absolute Gasteiger partial charge is 0.124 e. The van der Waals surface area contributed by atoms with Crippen molar-refractivity contribution in [2.24, 2.45) is 0 Å². The molecule has 1 aromatic carbocycles. The van der Waals surface area contributed by atoms with E-state index in [0.717, 1.165) is 17.0 Å². The van der Waals surface area contributed by atoms with Crippen molar-refractivity contribution in [2.45, 2.75) is 20.8 Å². The predicted octanol–water partition coefficient (Wildman–Crippen LogP) is 3.59. The molecule has 0 atom stereocenters. The van der Waals surface area contributed by atoms with Crippen molar-refractivity contribution in [1.82, 2.24) is 9.78 Å². The highest BCUT2D eigenvalue weighted by Crippen LogP contribution is 2.24. The summed E-state index contributed by atoms with van der Waals surface area (Å²) in [6.45, 7) is 5.91. The Morgan fingerprint density at radius 2 is 1.94 bits per heavy atom. The molecule has 1 heterocycles. The molecule has 4 heteroatoms. The number of nitrogens with zero attached hydrogens (tertiary/aromatic N) is 2. The molecule has 0 saturated carbocycles. The number of hydrogen-bond acceptors (Lipinski definition) is 1. The van der Waals surface area contributed by atoms with E-state index < -0.39 is 0 Å². The quantitative estimate of drug-likeness (QED) is 0.743. The molecule has 1 aromatic heterocycles. The second kappa shape index (κ2) is 3.91. The van der Waals surface area contributed by atoms with Gasteiger partial charge in [-0.3, -0.25) is 0 Å². The van der Waals surface area contributed by atoms with Gasteiger partial charge in [0.2, 0.25) is 0 Å². The number of benzene rings is 1. The largest absolute Gasteiger partial charge is 0.236 e. The third-order valence-electron chi connectivity index (χ3n) is 2.79. The third kappa shape index (κ3) is 1.71. The Balaban J connectivity index is 2.63. The van der Waals surface area contributed by atoms with Crippen LogP contribution in [0, 0.1) is 26.6 Å². The second-order valence-electron chi connectivity index (χ2n) is 3.80. The molecule has 0 saturated heterocycles. The molecule has 0 fully saturated rings. The maximum Gasteiger partial charge on any atom is 0.124 e. The Morgan fingerprint density at radius 1 is 1.25 bits per heavy atom. The van der Waals surface area contributed by atoms with Crippen LogP contribution in [0.3, 0.4) is 0 Å². The molecule has 2 rings (SSSR count). The first-order chi connectivity index (χ1) is 7.50. The van der Waals surface area contributed by atoms with E-state index in [0.29, 0.717) is 10.7 Å². The maximum absolute atomic E-state index is 12.9. The average molecular weight is 239 g/mol. The molecule has 0 aliphatic rings. The van der Waals surface area contributed by atoms with Gasteiger partial charge in [-0.05, 0) is 44.5 Å². The highest BCUT2D eigenvalue weighted by molar-refractivity contribution is 6.32. The van der Waals surface area contributed by atoms with Gasteiger partial charge < -0.3 is 0 Å². The molecule has 0 amide bonds. The molecule has 16 heavy (non-hydrogen) atoms. The molecular formula is C12H12ClFN2. The molecule has 2 aromatic rings. The minimum absolute atomic E-state index is 0.341. The molecular weight excluding hydrogens is 227 g/mol. The van der Waals surface area contributed by atoms with E-state index in [1.807, 2.05) is 20.8 Å². The van der Waals surface area contributed by atoms with Gasteiger partial charge in [0.25, 0.3) is 0 Å². The van der Waals surface area contributed by atoms with E-state index in [-0.39, 0.29) is 5.82 Å². The zero-order chi connectivity index (χ0) is 11.9. The monoisotopic (exact) mass is 238 g/mol. The Labute approximate surface area is 98.7 Å². The van der Waals surface area contributed by atoms with E-state index in [9.17, 15) is 4.39 Å². The summed E-state index contributed by atoms with van der Waals surface area (Å²) in [6.07, 6.45) is 0. The van der Waals surface area contributed by atoms with Crippen molar-refractivity contribution in [1.29, 1.82) is 0 Å². The van der Waals surface area contributed by atoms with Crippen LogP contribution < -0.4 is 0 Å². The maximum atomic E-state index is 12.9. The van der Waals surface area contributed by atoms with Crippen LogP contribution in [0.4, 0.5) is 4.39 Å². The summed E-state index contributed by atoms with van der Waals surface area (Å²) >= 11 is 6.00. The summed E-state index contributed by atoms with van der Waals surface area (Å²) in [4.78, 5) is 0. The van der Waals surface area contributed by atoms with Gasteiger partial charge in [0.05, 0.1) is 16.4 Å². The van der Waals surface area contributed by atoms with Crippen LogP contribution in [-0.4, -0.2) is 9.78 Å². The number of hydrogen-bond donors (Lipinski definition) is 0. The standard InChI is InChI=1S/C12H12ClFN2/c1-7-8(2)15-16(9(7)3)12-5-4-10(14)6-11(12)13/h4-6H,1-3H3. The molecule has 0 aliphatic heterocycles. The number of rotatable bonds is 1. The fourth-order valence-electron chi connectivity index (χ4n) is 1.61. The normalized spacial score (nSPS) is 10.8. The second-order valence-corrected chi connectivity index (χ2v) is 4.21. The summed E-state index contributed by atoms with van der Waals surface area (Å²) < 4.78 is 14.7. The van der Waals surface area contributed by atoms with E-state index in [1.165, 1.54) is 12.1 Å². The van der Waals surface area contributed by atoms with Crippen molar-refractivity contribution < 1.29 is 4.39 Å². The number of halogens is 2. The Hall–Kier alpha value is -1.35. The minimum Gasteiger partial charge on any atom is -0.236 e. The Bertz CT molecular complexity index is 546. The van der Waals surface area contributed by atoms with Gasteiger partial charge in [0.15, 0.2) is 0 Å². The summed E-state index contributed by atoms with van der Waals surface area (Å²) in [5.41, 5.74) is 3.81. The molecule has 0 N–H and O–H groups in total. The molecule has 2 nitrogen and oxygen atoms in total. The summed E-state index contributed by atoms with van der Waals surface area (Å²) in [7, 11) is 0. The molecule has 84 valence electrons. The Morgan fingerprint density at radius 3 is 2.44 bits per heavy atom. The van der Waals surface area contributed by atoms with Crippen molar-refractivity contribution in [3.05, 3.63) is 46.0 Å². The van der Waals surface area contributed by atoms with Crippen molar-refractivity contribution >= 4 is 11.6 Å².